The molecule has 2 aromatic rings. The average molecular weight is 423 g/mol. The molecule has 0 bridgehead atoms. The lowest BCUT2D eigenvalue weighted by molar-refractivity contribution is 0.595. The maximum atomic E-state index is 13.0. The molecular formula is C22H24Cl2O2S. The Morgan fingerprint density at radius 2 is 0.889 bits per heavy atom. The molecule has 2 aromatic carbocycles. The van der Waals surface area contributed by atoms with Crippen molar-refractivity contribution >= 4 is 33.0 Å². The lowest BCUT2D eigenvalue weighted by Gasteiger charge is -2.22. The number of rotatable bonds is 4. The van der Waals surface area contributed by atoms with Crippen molar-refractivity contribution in [3.63, 3.8) is 0 Å². The Morgan fingerprint density at radius 1 is 0.593 bits per heavy atom. The summed E-state index contributed by atoms with van der Waals surface area (Å²) in [5, 5.41) is 0. The molecule has 2 aliphatic rings. The smallest absolute Gasteiger partial charge is 0.206 e. The van der Waals surface area contributed by atoms with Gasteiger partial charge in [-0.3, -0.25) is 0 Å². The highest BCUT2D eigenvalue weighted by atomic mass is 35.5. The number of halogens is 2. The van der Waals surface area contributed by atoms with E-state index in [0.29, 0.717) is 9.79 Å². The number of benzene rings is 2. The van der Waals surface area contributed by atoms with Gasteiger partial charge >= 0.3 is 0 Å². The summed E-state index contributed by atoms with van der Waals surface area (Å²) in [6.07, 6.45) is 8.28. The molecule has 0 heterocycles. The predicted molar refractivity (Wildman–Crippen MR) is 110 cm³/mol. The fraction of sp³-hybridized carbons (Fsp3) is 0.455. The molecule has 0 radical (unpaired) electrons. The van der Waals surface area contributed by atoms with Crippen molar-refractivity contribution in [1.82, 2.24) is 0 Å². The van der Waals surface area contributed by atoms with Crippen molar-refractivity contribution in [2.24, 2.45) is 0 Å². The SMILES string of the molecule is O=S(=O)(c1ccc(C2(Cl)CCCC2)cc1)c1ccc(C2(Cl)CCCC2)cc1. The van der Waals surface area contributed by atoms with Crippen molar-refractivity contribution in [1.29, 1.82) is 0 Å². The first-order valence-corrected chi connectivity index (χ1v) is 11.9. The third kappa shape index (κ3) is 3.54. The van der Waals surface area contributed by atoms with Crippen molar-refractivity contribution in [2.75, 3.05) is 0 Å². The predicted octanol–water partition coefficient (Wildman–Crippen LogP) is 6.54. The molecule has 4 rings (SSSR count). The molecule has 0 aliphatic heterocycles. The third-order valence-corrected chi connectivity index (χ3v) is 9.13. The summed E-state index contributed by atoms with van der Waals surface area (Å²) in [7, 11) is -3.55. The number of alkyl halides is 2. The Morgan fingerprint density at radius 3 is 1.19 bits per heavy atom. The van der Waals surface area contributed by atoms with Crippen molar-refractivity contribution in [3.8, 4) is 0 Å². The summed E-state index contributed by atoms with van der Waals surface area (Å²) >= 11 is 13.4. The average Bonchev–Trinajstić information content (AvgIpc) is 3.32. The Balaban J connectivity index is 1.59. The van der Waals surface area contributed by atoms with E-state index in [2.05, 4.69) is 0 Å². The zero-order chi connectivity index (χ0) is 19.1. The molecule has 2 saturated carbocycles. The Hall–Kier alpha value is -1.03. The molecular weight excluding hydrogens is 399 g/mol. The minimum Gasteiger partial charge on any atom is -0.219 e. The number of sulfone groups is 1. The van der Waals surface area contributed by atoms with Gasteiger partial charge in [0.1, 0.15) is 0 Å². The van der Waals surface area contributed by atoms with E-state index in [1.54, 1.807) is 24.3 Å². The van der Waals surface area contributed by atoms with Crippen LogP contribution in [0.1, 0.15) is 62.5 Å². The maximum Gasteiger partial charge on any atom is 0.206 e. The lowest BCUT2D eigenvalue weighted by atomic mass is 9.97. The highest BCUT2D eigenvalue weighted by Crippen LogP contribution is 2.46. The molecule has 0 amide bonds. The molecule has 0 spiro atoms. The first-order chi connectivity index (χ1) is 12.8. The van der Waals surface area contributed by atoms with E-state index in [4.69, 9.17) is 23.2 Å². The first-order valence-electron chi connectivity index (χ1n) is 9.68. The van der Waals surface area contributed by atoms with E-state index in [1.807, 2.05) is 24.3 Å². The minimum absolute atomic E-state index is 0.304. The number of hydrogen-bond acceptors (Lipinski definition) is 2. The summed E-state index contributed by atoms with van der Waals surface area (Å²) in [6, 6.07) is 14.2. The van der Waals surface area contributed by atoms with Gasteiger partial charge in [0.05, 0.1) is 19.5 Å². The summed E-state index contributed by atoms with van der Waals surface area (Å²) < 4.78 is 26.0. The van der Waals surface area contributed by atoms with E-state index in [9.17, 15) is 8.42 Å². The van der Waals surface area contributed by atoms with Crippen molar-refractivity contribution in [3.05, 3.63) is 59.7 Å². The van der Waals surface area contributed by atoms with Crippen LogP contribution in [0.25, 0.3) is 0 Å². The van der Waals surface area contributed by atoms with Gasteiger partial charge in [-0.25, -0.2) is 8.42 Å². The zero-order valence-corrected chi connectivity index (χ0v) is 17.6. The molecule has 0 saturated heterocycles. The van der Waals surface area contributed by atoms with Gasteiger partial charge in [0.2, 0.25) is 9.84 Å². The van der Waals surface area contributed by atoms with E-state index in [1.165, 1.54) is 0 Å². The van der Waals surface area contributed by atoms with Gasteiger partial charge in [-0.2, -0.15) is 0 Å². The molecule has 5 heteroatoms. The summed E-state index contributed by atoms with van der Waals surface area (Å²) in [5.74, 6) is 0. The van der Waals surface area contributed by atoms with Crippen LogP contribution in [0.4, 0.5) is 0 Å². The van der Waals surface area contributed by atoms with Crippen LogP contribution < -0.4 is 0 Å². The van der Waals surface area contributed by atoms with Crippen LogP contribution in [0.3, 0.4) is 0 Å². The fourth-order valence-electron chi connectivity index (χ4n) is 4.45. The highest BCUT2D eigenvalue weighted by molar-refractivity contribution is 7.91. The monoisotopic (exact) mass is 422 g/mol. The zero-order valence-electron chi connectivity index (χ0n) is 15.3. The van der Waals surface area contributed by atoms with Gasteiger partial charge in [0.25, 0.3) is 0 Å². The van der Waals surface area contributed by atoms with Crippen LogP contribution in [0.5, 0.6) is 0 Å². The van der Waals surface area contributed by atoms with Gasteiger partial charge in [-0.15, -0.1) is 23.2 Å². The Labute approximate surface area is 171 Å². The third-order valence-electron chi connectivity index (χ3n) is 6.16. The van der Waals surface area contributed by atoms with Crippen LogP contribution in [0.2, 0.25) is 0 Å². The normalized spacial score (nSPS) is 21.4. The Bertz CT molecular complexity index is 834. The maximum absolute atomic E-state index is 13.0. The second-order valence-corrected chi connectivity index (χ2v) is 11.3. The van der Waals surface area contributed by atoms with Gasteiger partial charge in [-0.05, 0) is 61.1 Å². The highest BCUT2D eigenvalue weighted by Gasteiger charge is 2.34. The van der Waals surface area contributed by atoms with Gasteiger partial charge < -0.3 is 0 Å². The second kappa shape index (κ2) is 7.09. The van der Waals surface area contributed by atoms with Crippen molar-refractivity contribution < 1.29 is 8.42 Å². The molecule has 2 aliphatic carbocycles. The van der Waals surface area contributed by atoms with Crippen LogP contribution in [-0.4, -0.2) is 8.42 Å². The first kappa shape index (κ1) is 19.3. The number of hydrogen-bond donors (Lipinski definition) is 0. The molecule has 144 valence electrons. The topological polar surface area (TPSA) is 34.1 Å². The van der Waals surface area contributed by atoms with Crippen LogP contribution in [0, 0.1) is 0 Å². The molecule has 0 atom stereocenters. The fourth-order valence-corrected chi connectivity index (χ4v) is 6.50. The molecule has 2 nitrogen and oxygen atoms in total. The quantitative estimate of drug-likeness (QED) is 0.524. The Kier molecular flexibility index (Phi) is 5.07. The van der Waals surface area contributed by atoms with E-state index >= 15 is 0 Å². The van der Waals surface area contributed by atoms with Gasteiger partial charge in [0, 0.05) is 0 Å². The molecule has 2 fully saturated rings. The van der Waals surface area contributed by atoms with E-state index < -0.39 is 9.84 Å². The molecule has 0 aromatic heterocycles. The van der Waals surface area contributed by atoms with E-state index in [-0.39, 0.29) is 9.75 Å². The van der Waals surface area contributed by atoms with Crippen LogP contribution >= 0.6 is 23.2 Å². The standard InChI is InChI=1S/C22H24Cl2O2S/c23-21(13-1-2-14-21)17-5-9-19(10-6-17)27(25,26)20-11-7-18(8-12-20)22(24)15-3-4-16-22/h5-12H,1-4,13-16H2. The van der Waals surface area contributed by atoms with Gasteiger partial charge in [-0.1, -0.05) is 49.9 Å². The van der Waals surface area contributed by atoms with Crippen LogP contribution in [0.15, 0.2) is 58.3 Å². The van der Waals surface area contributed by atoms with Crippen LogP contribution in [-0.2, 0) is 19.6 Å². The largest absolute Gasteiger partial charge is 0.219 e. The molecule has 27 heavy (non-hydrogen) atoms. The lowest BCUT2D eigenvalue weighted by Crippen LogP contribution is -2.14. The summed E-state index contributed by atoms with van der Waals surface area (Å²) in [4.78, 5) is -0.0582. The second-order valence-electron chi connectivity index (χ2n) is 7.90. The minimum atomic E-state index is -3.55. The summed E-state index contributed by atoms with van der Waals surface area (Å²) in [6.45, 7) is 0. The summed E-state index contributed by atoms with van der Waals surface area (Å²) in [5.41, 5.74) is 2.03. The molecule has 0 unspecified atom stereocenters. The van der Waals surface area contributed by atoms with E-state index in [0.717, 1.165) is 62.5 Å². The molecule has 0 N–H and O–H groups in total. The van der Waals surface area contributed by atoms with Gasteiger partial charge in [0.15, 0.2) is 0 Å². The van der Waals surface area contributed by atoms with Crippen molar-refractivity contribution in [2.45, 2.75) is 70.9 Å².